The maximum Gasteiger partial charge on any atom is 0.0138 e. The highest BCUT2D eigenvalue weighted by Gasteiger charge is 2.36. The van der Waals surface area contributed by atoms with Gasteiger partial charge in [0.05, 0.1) is 0 Å². The van der Waals surface area contributed by atoms with Crippen molar-refractivity contribution in [2.75, 3.05) is 13.1 Å². The second-order valence-electron chi connectivity index (χ2n) is 5.90. The normalized spacial score (nSPS) is 39.8. The topological polar surface area (TPSA) is 29.3 Å². The average molecular weight is 224 g/mol. The molecule has 4 unspecified atom stereocenters. The van der Waals surface area contributed by atoms with Crippen molar-refractivity contribution in [1.29, 1.82) is 0 Å². The van der Waals surface area contributed by atoms with Gasteiger partial charge in [-0.3, -0.25) is 4.90 Å². The van der Waals surface area contributed by atoms with Gasteiger partial charge in [-0.25, -0.2) is 0 Å². The second-order valence-corrected chi connectivity index (χ2v) is 5.90. The molecule has 0 spiro atoms. The van der Waals surface area contributed by atoms with Gasteiger partial charge in [0.15, 0.2) is 0 Å². The summed E-state index contributed by atoms with van der Waals surface area (Å²) in [6.07, 6.45) is 8.41. The van der Waals surface area contributed by atoms with E-state index in [1.165, 1.54) is 45.1 Å². The maximum absolute atomic E-state index is 5.92. The van der Waals surface area contributed by atoms with Crippen molar-refractivity contribution in [3.8, 4) is 0 Å². The Kier molecular flexibility index (Phi) is 4.26. The van der Waals surface area contributed by atoms with E-state index in [0.29, 0.717) is 0 Å². The summed E-state index contributed by atoms with van der Waals surface area (Å²) in [5.41, 5.74) is 5.92. The Morgan fingerprint density at radius 1 is 1.19 bits per heavy atom. The Morgan fingerprint density at radius 2 is 2.00 bits per heavy atom. The van der Waals surface area contributed by atoms with Gasteiger partial charge in [-0.2, -0.15) is 0 Å². The first-order valence-electron chi connectivity index (χ1n) is 7.22. The molecule has 2 heteroatoms. The quantitative estimate of drug-likeness (QED) is 0.795. The number of nitrogens with zero attached hydrogens (tertiary/aromatic N) is 1. The van der Waals surface area contributed by atoms with Gasteiger partial charge in [-0.05, 0) is 57.0 Å². The van der Waals surface area contributed by atoms with E-state index in [-0.39, 0.29) is 0 Å². The van der Waals surface area contributed by atoms with Crippen molar-refractivity contribution < 1.29 is 0 Å². The summed E-state index contributed by atoms with van der Waals surface area (Å²) >= 11 is 0. The molecule has 2 nitrogen and oxygen atoms in total. The molecule has 0 aromatic rings. The smallest absolute Gasteiger partial charge is 0.0138 e. The Labute approximate surface area is 101 Å². The molecular formula is C14H28N2. The van der Waals surface area contributed by atoms with Crippen LogP contribution in [0.3, 0.4) is 0 Å². The van der Waals surface area contributed by atoms with Crippen molar-refractivity contribution in [3.63, 3.8) is 0 Å². The fraction of sp³-hybridized carbons (Fsp3) is 1.00. The first-order valence-corrected chi connectivity index (χ1v) is 7.22. The van der Waals surface area contributed by atoms with Gasteiger partial charge in [0.25, 0.3) is 0 Å². The summed E-state index contributed by atoms with van der Waals surface area (Å²) in [4.78, 5) is 2.79. The highest BCUT2D eigenvalue weighted by atomic mass is 15.2. The Hall–Kier alpha value is -0.0800. The van der Waals surface area contributed by atoms with Crippen molar-refractivity contribution in [3.05, 3.63) is 0 Å². The van der Waals surface area contributed by atoms with Crippen molar-refractivity contribution in [2.45, 2.75) is 64.5 Å². The predicted octanol–water partition coefficient (Wildman–Crippen LogP) is 2.62. The number of rotatable bonds is 4. The van der Waals surface area contributed by atoms with Gasteiger partial charge in [0.1, 0.15) is 0 Å². The monoisotopic (exact) mass is 224 g/mol. The molecule has 0 heterocycles. The highest BCUT2D eigenvalue weighted by molar-refractivity contribution is 4.91. The van der Waals surface area contributed by atoms with E-state index in [4.69, 9.17) is 5.73 Å². The van der Waals surface area contributed by atoms with Crippen molar-refractivity contribution in [1.82, 2.24) is 4.90 Å². The zero-order chi connectivity index (χ0) is 11.5. The minimum absolute atomic E-state index is 0.774. The number of hydrogen-bond donors (Lipinski definition) is 1. The van der Waals surface area contributed by atoms with Gasteiger partial charge in [0, 0.05) is 12.1 Å². The second kappa shape index (κ2) is 5.50. The highest BCUT2D eigenvalue weighted by Crippen LogP contribution is 2.36. The van der Waals surface area contributed by atoms with Crippen LogP contribution in [0.1, 0.15) is 52.4 Å². The summed E-state index contributed by atoms with van der Waals surface area (Å²) in [5.74, 6) is 1.72. The van der Waals surface area contributed by atoms with Gasteiger partial charge < -0.3 is 5.73 Å². The summed E-state index contributed by atoms with van der Waals surface area (Å²) < 4.78 is 0. The predicted molar refractivity (Wildman–Crippen MR) is 69.4 cm³/mol. The van der Waals surface area contributed by atoms with Crippen LogP contribution in [0.5, 0.6) is 0 Å². The summed E-state index contributed by atoms with van der Waals surface area (Å²) in [7, 11) is 0. The molecule has 2 fully saturated rings. The largest absolute Gasteiger partial charge is 0.330 e. The number of nitrogens with two attached hydrogens (primary N) is 1. The standard InChI is InChI=1S/C14H28N2/c1-3-16(13-8-7-11(2)9-13)14-6-4-5-12(14)10-15/h11-14H,3-10,15H2,1-2H3. The lowest BCUT2D eigenvalue weighted by atomic mass is 9.99. The summed E-state index contributed by atoms with van der Waals surface area (Å²) in [6.45, 7) is 6.85. The minimum atomic E-state index is 0.774. The molecule has 94 valence electrons. The molecule has 0 radical (unpaired) electrons. The van der Waals surface area contributed by atoms with Crippen molar-refractivity contribution >= 4 is 0 Å². The fourth-order valence-electron chi connectivity index (χ4n) is 3.97. The van der Waals surface area contributed by atoms with E-state index in [1.54, 1.807) is 0 Å². The van der Waals surface area contributed by atoms with E-state index in [2.05, 4.69) is 18.7 Å². The van der Waals surface area contributed by atoms with Gasteiger partial charge in [0.2, 0.25) is 0 Å². The molecule has 0 aromatic carbocycles. The lowest BCUT2D eigenvalue weighted by molar-refractivity contribution is 0.114. The van der Waals surface area contributed by atoms with Crippen LogP contribution in [-0.4, -0.2) is 30.1 Å². The molecule has 0 saturated heterocycles. The molecule has 0 aromatic heterocycles. The van der Waals surface area contributed by atoms with Crippen LogP contribution in [-0.2, 0) is 0 Å². The van der Waals surface area contributed by atoms with Crippen LogP contribution in [0.2, 0.25) is 0 Å². The summed E-state index contributed by atoms with van der Waals surface area (Å²) in [5, 5.41) is 0. The van der Waals surface area contributed by atoms with Crippen LogP contribution >= 0.6 is 0 Å². The zero-order valence-corrected chi connectivity index (χ0v) is 11.0. The molecule has 2 aliphatic rings. The molecule has 0 bridgehead atoms. The Morgan fingerprint density at radius 3 is 2.56 bits per heavy atom. The third-order valence-electron chi connectivity index (χ3n) is 4.85. The van der Waals surface area contributed by atoms with Gasteiger partial charge in [-0.15, -0.1) is 0 Å². The lowest BCUT2D eigenvalue weighted by Crippen LogP contribution is -2.45. The van der Waals surface area contributed by atoms with E-state index < -0.39 is 0 Å². The molecular weight excluding hydrogens is 196 g/mol. The van der Waals surface area contributed by atoms with Crippen LogP contribution in [0.4, 0.5) is 0 Å². The fourth-order valence-corrected chi connectivity index (χ4v) is 3.97. The molecule has 0 aliphatic heterocycles. The molecule has 2 N–H and O–H groups in total. The van der Waals surface area contributed by atoms with E-state index in [9.17, 15) is 0 Å². The van der Waals surface area contributed by atoms with Crippen molar-refractivity contribution in [2.24, 2.45) is 17.6 Å². The van der Waals surface area contributed by atoms with Gasteiger partial charge >= 0.3 is 0 Å². The molecule has 4 atom stereocenters. The third kappa shape index (κ3) is 2.43. The first kappa shape index (κ1) is 12.4. The lowest BCUT2D eigenvalue weighted by Gasteiger charge is -2.36. The maximum atomic E-state index is 5.92. The van der Waals surface area contributed by atoms with E-state index >= 15 is 0 Å². The Bertz CT molecular complexity index is 217. The van der Waals surface area contributed by atoms with E-state index in [0.717, 1.165) is 30.5 Å². The van der Waals surface area contributed by atoms with Crippen LogP contribution < -0.4 is 5.73 Å². The zero-order valence-electron chi connectivity index (χ0n) is 11.0. The SMILES string of the molecule is CCN(C1CCC(C)C1)C1CCCC1CN. The molecule has 16 heavy (non-hydrogen) atoms. The molecule has 0 amide bonds. The van der Waals surface area contributed by atoms with Crippen LogP contribution in [0.25, 0.3) is 0 Å². The molecule has 2 saturated carbocycles. The average Bonchev–Trinajstić information content (AvgIpc) is 2.89. The van der Waals surface area contributed by atoms with Crippen LogP contribution in [0, 0.1) is 11.8 Å². The molecule has 2 rings (SSSR count). The third-order valence-corrected chi connectivity index (χ3v) is 4.85. The van der Waals surface area contributed by atoms with Crippen LogP contribution in [0.15, 0.2) is 0 Å². The van der Waals surface area contributed by atoms with Gasteiger partial charge in [-0.1, -0.05) is 20.3 Å². The first-order chi connectivity index (χ1) is 7.76. The number of hydrogen-bond acceptors (Lipinski definition) is 2. The summed E-state index contributed by atoms with van der Waals surface area (Å²) in [6, 6.07) is 1.66. The molecule has 2 aliphatic carbocycles. The minimum Gasteiger partial charge on any atom is -0.330 e. The van der Waals surface area contributed by atoms with E-state index in [1.807, 2.05) is 0 Å². The Balaban J connectivity index is 1.98.